The second kappa shape index (κ2) is 13.3. The number of carbonyl (C=O) groups excluding carboxylic acids is 1. The number of aliphatic hydroxyl groups is 3. The van der Waals surface area contributed by atoms with Gasteiger partial charge in [0.25, 0.3) is 0 Å². The highest BCUT2D eigenvalue weighted by atomic mass is 16.7. The van der Waals surface area contributed by atoms with Crippen LogP contribution in [0.25, 0.3) is 0 Å². The molecule has 1 aliphatic heterocycles. The molecule has 1 amide bonds. The van der Waals surface area contributed by atoms with E-state index in [2.05, 4.69) is 5.32 Å². The lowest BCUT2D eigenvalue weighted by Gasteiger charge is -2.43. The predicted molar refractivity (Wildman–Crippen MR) is 91.2 cm³/mol. The minimum Gasteiger partial charge on any atom is -0.396 e. The van der Waals surface area contributed by atoms with Crippen LogP contribution in [-0.4, -0.2) is 98.6 Å². The third-order valence-electron chi connectivity index (χ3n) is 3.99. The summed E-state index contributed by atoms with van der Waals surface area (Å²) in [6.45, 7) is 3.19. The van der Waals surface area contributed by atoms with Crippen molar-refractivity contribution in [1.82, 2.24) is 5.32 Å². The van der Waals surface area contributed by atoms with E-state index in [1.54, 1.807) is 0 Å². The third kappa shape index (κ3) is 7.80. The molecule has 0 aromatic carbocycles. The zero-order valence-corrected chi connectivity index (χ0v) is 15.2. The van der Waals surface area contributed by atoms with Crippen LogP contribution in [-0.2, 0) is 23.7 Å². The zero-order chi connectivity index (χ0) is 19.4. The summed E-state index contributed by atoms with van der Waals surface area (Å²) >= 11 is 0. The van der Waals surface area contributed by atoms with Crippen LogP contribution in [0.5, 0.6) is 0 Å². The van der Waals surface area contributed by atoms with E-state index in [1.165, 1.54) is 6.92 Å². The van der Waals surface area contributed by atoms with Crippen LogP contribution in [0.1, 0.15) is 13.3 Å². The second-order valence-corrected chi connectivity index (χ2v) is 6.03. The highest BCUT2D eigenvalue weighted by Crippen LogP contribution is 2.27. The Hall–Kier alpha value is -0.850. The molecule has 1 aliphatic rings. The fourth-order valence-corrected chi connectivity index (χ4v) is 2.72. The summed E-state index contributed by atoms with van der Waals surface area (Å²) in [5, 5.41) is 31.7. The van der Waals surface area contributed by atoms with Gasteiger partial charge in [-0.1, -0.05) is 0 Å². The number of aliphatic hydroxyl groups excluding tert-OH is 3. The second-order valence-electron chi connectivity index (χ2n) is 6.03. The summed E-state index contributed by atoms with van der Waals surface area (Å²) in [4.78, 5) is 11.4. The van der Waals surface area contributed by atoms with Crippen molar-refractivity contribution >= 4 is 5.91 Å². The molecule has 10 heteroatoms. The van der Waals surface area contributed by atoms with Crippen molar-refractivity contribution in [2.45, 2.75) is 37.9 Å². The van der Waals surface area contributed by atoms with Gasteiger partial charge >= 0.3 is 0 Å². The number of hydrogen-bond donors (Lipinski definition) is 5. The van der Waals surface area contributed by atoms with Gasteiger partial charge in [0, 0.05) is 26.0 Å². The van der Waals surface area contributed by atoms with Gasteiger partial charge in [-0.25, -0.2) is 0 Å². The average Bonchev–Trinajstić information content (AvgIpc) is 2.61. The largest absolute Gasteiger partial charge is 0.396 e. The van der Waals surface area contributed by atoms with Gasteiger partial charge in [-0.2, -0.15) is 0 Å². The first-order valence-electron chi connectivity index (χ1n) is 8.84. The van der Waals surface area contributed by atoms with E-state index < -0.39 is 37.1 Å². The lowest BCUT2D eigenvalue weighted by atomic mass is 9.87. The molecule has 1 fully saturated rings. The summed E-state index contributed by atoms with van der Waals surface area (Å²) < 4.78 is 21.8. The number of hydrogen-bond acceptors (Lipinski definition) is 9. The maximum absolute atomic E-state index is 11.4. The summed E-state index contributed by atoms with van der Waals surface area (Å²) in [5.41, 5.74) is 5.30. The van der Waals surface area contributed by atoms with Crippen LogP contribution in [0, 0.1) is 5.92 Å². The van der Waals surface area contributed by atoms with Crippen molar-refractivity contribution in [1.29, 1.82) is 0 Å². The topological polar surface area (TPSA) is 153 Å². The highest BCUT2D eigenvalue weighted by Gasteiger charge is 2.45. The Labute approximate surface area is 153 Å². The molecule has 6 N–H and O–H groups in total. The van der Waals surface area contributed by atoms with Gasteiger partial charge in [0.1, 0.15) is 6.10 Å². The lowest BCUT2D eigenvalue weighted by molar-refractivity contribution is -0.263. The van der Waals surface area contributed by atoms with Crippen molar-refractivity contribution in [3.63, 3.8) is 0 Å². The van der Waals surface area contributed by atoms with Gasteiger partial charge in [-0.05, 0) is 6.42 Å². The van der Waals surface area contributed by atoms with E-state index in [0.717, 1.165) is 0 Å². The Morgan fingerprint density at radius 2 is 1.81 bits per heavy atom. The van der Waals surface area contributed by atoms with Crippen molar-refractivity contribution in [3.05, 3.63) is 0 Å². The minimum absolute atomic E-state index is 0.288. The molecular formula is C16H32N2O8. The smallest absolute Gasteiger partial charge is 0.217 e. The Bertz CT molecular complexity index is 387. The van der Waals surface area contributed by atoms with Crippen LogP contribution >= 0.6 is 0 Å². The van der Waals surface area contributed by atoms with Gasteiger partial charge in [-0.15, -0.1) is 0 Å². The van der Waals surface area contributed by atoms with Crippen molar-refractivity contribution < 1.29 is 39.1 Å². The van der Waals surface area contributed by atoms with Gasteiger partial charge < -0.3 is 45.3 Å². The number of nitrogens with one attached hydrogen (secondary N) is 1. The summed E-state index contributed by atoms with van der Waals surface area (Å²) in [7, 11) is 0. The molecule has 0 spiro atoms. The fourth-order valence-electron chi connectivity index (χ4n) is 2.72. The number of nitrogens with two attached hydrogens (primary N) is 1. The summed E-state index contributed by atoms with van der Waals surface area (Å²) in [5.74, 6) is -1.04. The van der Waals surface area contributed by atoms with E-state index in [-0.39, 0.29) is 19.1 Å². The third-order valence-corrected chi connectivity index (χ3v) is 3.99. The van der Waals surface area contributed by atoms with Crippen LogP contribution in [0.15, 0.2) is 0 Å². The molecule has 0 aromatic rings. The molecule has 0 saturated carbocycles. The predicted octanol–water partition coefficient (Wildman–Crippen LogP) is -2.42. The molecule has 1 rings (SSSR count). The Balaban J connectivity index is 2.41. The minimum atomic E-state index is -1.11. The first kappa shape index (κ1) is 23.2. The first-order chi connectivity index (χ1) is 12.5. The van der Waals surface area contributed by atoms with Crippen LogP contribution in [0.3, 0.4) is 0 Å². The Morgan fingerprint density at radius 3 is 2.38 bits per heavy atom. The Morgan fingerprint density at radius 1 is 1.12 bits per heavy atom. The number of amides is 1. The Kier molecular flexibility index (Phi) is 11.9. The molecule has 26 heavy (non-hydrogen) atoms. The first-order valence-corrected chi connectivity index (χ1v) is 8.84. The average molecular weight is 380 g/mol. The molecular weight excluding hydrogens is 348 g/mol. The van der Waals surface area contributed by atoms with Crippen LogP contribution in [0.2, 0.25) is 0 Å². The molecule has 0 aliphatic carbocycles. The van der Waals surface area contributed by atoms with Crippen molar-refractivity contribution in [2.24, 2.45) is 11.7 Å². The van der Waals surface area contributed by atoms with Gasteiger partial charge in [0.15, 0.2) is 6.29 Å². The lowest BCUT2D eigenvalue weighted by Crippen LogP contribution is -2.62. The molecule has 154 valence electrons. The quantitative estimate of drug-likeness (QED) is 0.220. The van der Waals surface area contributed by atoms with Gasteiger partial charge in [0.2, 0.25) is 5.91 Å². The normalized spacial score (nSPS) is 28.9. The summed E-state index contributed by atoms with van der Waals surface area (Å²) in [6, 6.07) is -0.721. The maximum atomic E-state index is 11.4. The maximum Gasteiger partial charge on any atom is 0.217 e. The van der Waals surface area contributed by atoms with Crippen LogP contribution in [0.4, 0.5) is 0 Å². The number of carbonyl (C=O) groups is 1. The SMILES string of the molecule is CC(=O)N[C@H]1[C@H](OCCCOCCOCCN)O[C@H](CO)[C@H](O)[C@@H]1CO. The zero-order valence-electron chi connectivity index (χ0n) is 15.2. The van der Waals surface area contributed by atoms with Crippen molar-refractivity contribution in [3.8, 4) is 0 Å². The van der Waals surface area contributed by atoms with Crippen molar-refractivity contribution in [2.75, 3.05) is 52.8 Å². The fraction of sp³-hybridized carbons (Fsp3) is 0.938. The van der Waals surface area contributed by atoms with E-state index in [0.29, 0.717) is 39.4 Å². The molecule has 0 unspecified atom stereocenters. The van der Waals surface area contributed by atoms with Gasteiger partial charge in [-0.3, -0.25) is 4.79 Å². The number of rotatable bonds is 13. The monoisotopic (exact) mass is 380 g/mol. The van der Waals surface area contributed by atoms with E-state index in [1.807, 2.05) is 0 Å². The molecule has 0 bridgehead atoms. The molecule has 5 atom stereocenters. The van der Waals surface area contributed by atoms with Gasteiger partial charge in [0.05, 0.1) is 51.8 Å². The molecule has 0 radical (unpaired) electrons. The number of ether oxygens (including phenoxy) is 4. The van der Waals surface area contributed by atoms with E-state index >= 15 is 0 Å². The summed E-state index contributed by atoms with van der Waals surface area (Å²) in [6.07, 6.45) is -2.30. The van der Waals surface area contributed by atoms with E-state index in [4.69, 9.17) is 24.7 Å². The molecule has 1 saturated heterocycles. The van der Waals surface area contributed by atoms with Crippen LogP contribution < -0.4 is 11.1 Å². The molecule has 1 heterocycles. The molecule has 10 nitrogen and oxygen atoms in total. The van der Waals surface area contributed by atoms with E-state index in [9.17, 15) is 20.1 Å². The standard InChI is InChI=1S/C16H32N2O8/c1-11(21)18-14-12(9-19)15(22)13(10-20)26-16(14)25-5-2-4-23-7-8-24-6-3-17/h12-16,19-20,22H,2-10,17H2,1H3,(H,18,21)/t12-,13-,14-,15-,16-/m1/s1. The highest BCUT2D eigenvalue weighted by molar-refractivity contribution is 5.73. The molecule has 0 aromatic heterocycles.